The van der Waals surface area contributed by atoms with Crippen molar-refractivity contribution in [3.63, 3.8) is 0 Å². The molecule has 0 fully saturated rings. The standard InChI is InChI=1S/C18H17N3O5/c22-12-3-1-2-11-15(12)14(16-17(19-11)20-21-18(16)25)9-4-6-10(7-5-9)26-8-13(23)24/h4-7,14H,1-3,8H2,(H,23,24)(H3,19,20,21,25). The summed E-state index contributed by atoms with van der Waals surface area (Å²) in [7, 11) is 0. The molecule has 8 heteroatoms. The predicted octanol–water partition coefficient (Wildman–Crippen LogP) is 1.73. The average molecular weight is 355 g/mol. The van der Waals surface area contributed by atoms with Gasteiger partial charge in [0, 0.05) is 23.6 Å². The zero-order valence-electron chi connectivity index (χ0n) is 13.8. The number of H-pyrrole nitrogens is 2. The molecule has 0 saturated carbocycles. The van der Waals surface area contributed by atoms with E-state index >= 15 is 0 Å². The summed E-state index contributed by atoms with van der Waals surface area (Å²) in [4.78, 5) is 35.5. The minimum Gasteiger partial charge on any atom is -0.482 e. The maximum Gasteiger partial charge on any atom is 0.341 e. The maximum atomic E-state index is 12.6. The van der Waals surface area contributed by atoms with Crippen molar-refractivity contribution in [1.29, 1.82) is 0 Å². The van der Waals surface area contributed by atoms with Crippen LogP contribution >= 0.6 is 0 Å². The molecule has 1 aromatic heterocycles. The van der Waals surface area contributed by atoms with E-state index in [1.807, 2.05) is 0 Å². The molecule has 26 heavy (non-hydrogen) atoms. The topological polar surface area (TPSA) is 124 Å². The quantitative estimate of drug-likeness (QED) is 0.662. The molecule has 0 radical (unpaired) electrons. The number of benzene rings is 1. The summed E-state index contributed by atoms with van der Waals surface area (Å²) >= 11 is 0. The van der Waals surface area contributed by atoms with Crippen molar-refractivity contribution in [2.75, 3.05) is 11.9 Å². The van der Waals surface area contributed by atoms with Gasteiger partial charge in [-0.05, 0) is 30.5 Å². The number of aromatic nitrogens is 2. The van der Waals surface area contributed by atoms with Crippen LogP contribution in [0.3, 0.4) is 0 Å². The number of ether oxygens (including phenoxy) is 1. The molecule has 2 aliphatic rings. The lowest BCUT2D eigenvalue weighted by Gasteiger charge is -2.31. The van der Waals surface area contributed by atoms with Gasteiger partial charge in [0.1, 0.15) is 11.6 Å². The van der Waals surface area contributed by atoms with Crippen molar-refractivity contribution in [2.24, 2.45) is 0 Å². The van der Waals surface area contributed by atoms with E-state index in [1.165, 1.54) is 0 Å². The summed E-state index contributed by atoms with van der Waals surface area (Å²) in [6.45, 7) is -0.428. The second-order valence-electron chi connectivity index (χ2n) is 6.35. The van der Waals surface area contributed by atoms with Crippen molar-refractivity contribution in [3.05, 3.63) is 57.0 Å². The number of carboxylic acids is 1. The summed E-state index contributed by atoms with van der Waals surface area (Å²) in [6, 6.07) is 6.81. The largest absolute Gasteiger partial charge is 0.482 e. The number of nitrogens with one attached hydrogen (secondary N) is 3. The molecule has 0 spiro atoms. The molecule has 2 heterocycles. The first-order valence-corrected chi connectivity index (χ1v) is 8.33. The number of ketones is 1. The van der Waals surface area contributed by atoms with E-state index in [4.69, 9.17) is 9.84 Å². The van der Waals surface area contributed by atoms with Gasteiger partial charge in [-0.1, -0.05) is 12.1 Å². The fourth-order valence-electron chi connectivity index (χ4n) is 3.60. The van der Waals surface area contributed by atoms with E-state index in [1.54, 1.807) is 24.3 Å². The molecule has 1 aromatic carbocycles. The Kier molecular flexibility index (Phi) is 3.87. The summed E-state index contributed by atoms with van der Waals surface area (Å²) in [5.41, 5.74) is 2.48. The number of fused-ring (bicyclic) bond motifs is 1. The molecule has 0 saturated heterocycles. The number of carboxylic acid groups (broad SMARTS) is 1. The highest BCUT2D eigenvalue weighted by Gasteiger charge is 2.37. The van der Waals surface area contributed by atoms with E-state index in [0.717, 1.165) is 24.1 Å². The van der Waals surface area contributed by atoms with E-state index in [-0.39, 0.29) is 11.3 Å². The van der Waals surface area contributed by atoms with Gasteiger partial charge in [0.15, 0.2) is 12.4 Å². The number of hydrogen-bond donors (Lipinski definition) is 4. The number of hydrogen-bond acceptors (Lipinski definition) is 5. The van der Waals surface area contributed by atoms with Crippen LogP contribution in [-0.2, 0) is 9.59 Å². The van der Waals surface area contributed by atoms with E-state index < -0.39 is 18.5 Å². The third kappa shape index (κ3) is 2.69. The van der Waals surface area contributed by atoms with Crippen LogP contribution in [0.1, 0.15) is 36.3 Å². The van der Waals surface area contributed by atoms with Crippen molar-refractivity contribution >= 4 is 17.6 Å². The van der Waals surface area contributed by atoms with Crippen LogP contribution in [0.2, 0.25) is 0 Å². The van der Waals surface area contributed by atoms with Crippen LogP contribution in [0.25, 0.3) is 0 Å². The Morgan fingerprint density at radius 2 is 1.92 bits per heavy atom. The monoisotopic (exact) mass is 355 g/mol. The first-order chi connectivity index (χ1) is 12.5. The number of aromatic amines is 2. The number of allylic oxidation sites excluding steroid dienone is 2. The van der Waals surface area contributed by atoms with Crippen molar-refractivity contribution in [1.82, 2.24) is 10.2 Å². The summed E-state index contributed by atoms with van der Waals surface area (Å²) in [6.07, 6.45) is 2.00. The van der Waals surface area contributed by atoms with E-state index in [2.05, 4.69) is 15.5 Å². The number of Topliss-reactive ketones (excluding diaryl/α,β-unsaturated/α-hetero) is 1. The summed E-state index contributed by atoms with van der Waals surface area (Å²) in [5, 5.41) is 17.3. The molecule has 4 N–H and O–H groups in total. The van der Waals surface area contributed by atoms with Gasteiger partial charge in [0.25, 0.3) is 5.56 Å². The fourth-order valence-corrected chi connectivity index (χ4v) is 3.60. The van der Waals surface area contributed by atoms with Crippen molar-refractivity contribution in [2.45, 2.75) is 25.2 Å². The molecule has 1 atom stereocenters. The molecule has 1 aliphatic heterocycles. The van der Waals surface area contributed by atoms with Gasteiger partial charge in [-0.2, -0.15) is 0 Å². The Morgan fingerprint density at radius 1 is 1.15 bits per heavy atom. The number of carbonyl (C=O) groups is 2. The molecule has 134 valence electrons. The molecule has 8 nitrogen and oxygen atoms in total. The second kappa shape index (κ2) is 6.21. The van der Waals surface area contributed by atoms with Gasteiger partial charge in [-0.15, -0.1) is 0 Å². The first kappa shape index (κ1) is 16.2. The van der Waals surface area contributed by atoms with Crippen LogP contribution < -0.4 is 15.6 Å². The summed E-state index contributed by atoms with van der Waals surface area (Å²) in [5.74, 6) is -0.477. The van der Waals surface area contributed by atoms with Gasteiger partial charge < -0.3 is 15.2 Å². The van der Waals surface area contributed by atoms with Crippen molar-refractivity contribution in [3.8, 4) is 5.75 Å². The Bertz CT molecular complexity index is 967. The van der Waals surface area contributed by atoms with Gasteiger partial charge >= 0.3 is 5.97 Å². The second-order valence-corrected chi connectivity index (χ2v) is 6.35. The van der Waals surface area contributed by atoms with Crippen molar-refractivity contribution < 1.29 is 19.4 Å². The third-order valence-electron chi connectivity index (χ3n) is 4.70. The SMILES string of the molecule is O=C(O)COc1ccc(C2C3=C(CCCC3=O)Nc3[nH][nH]c(=O)c32)cc1. The average Bonchev–Trinajstić information content (AvgIpc) is 3.00. The number of aliphatic carboxylic acids is 1. The minimum atomic E-state index is -1.06. The molecule has 0 bridgehead atoms. The Morgan fingerprint density at radius 3 is 2.65 bits per heavy atom. The highest BCUT2D eigenvalue weighted by atomic mass is 16.5. The number of rotatable bonds is 4. The van der Waals surface area contributed by atoms with Crippen LogP contribution in [0, 0.1) is 0 Å². The van der Waals surface area contributed by atoms with E-state index in [9.17, 15) is 14.4 Å². The normalized spacial score (nSPS) is 18.8. The molecule has 4 rings (SSSR count). The molecule has 0 amide bonds. The lowest BCUT2D eigenvalue weighted by Crippen LogP contribution is -2.29. The van der Waals surface area contributed by atoms with Crippen LogP contribution in [0.15, 0.2) is 40.3 Å². The zero-order valence-corrected chi connectivity index (χ0v) is 13.8. The van der Waals surface area contributed by atoms with E-state index in [0.29, 0.717) is 29.1 Å². The van der Waals surface area contributed by atoms with Crippen LogP contribution in [0.4, 0.5) is 5.82 Å². The first-order valence-electron chi connectivity index (χ1n) is 8.33. The highest BCUT2D eigenvalue weighted by molar-refractivity contribution is 6.00. The fraction of sp³-hybridized carbons (Fsp3) is 0.278. The Labute approximate surface area is 147 Å². The summed E-state index contributed by atoms with van der Waals surface area (Å²) < 4.78 is 5.15. The van der Waals surface area contributed by atoms with Gasteiger partial charge in [-0.3, -0.25) is 19.8 Å². The van der Waals surface area contributed by atoms with Gasteiger partial charge in [0.05, 0.1) is 5.56 Å². The Hall–Kier alpha value is -3.29. The lowest BCUT2D eigenvalue weighted by atomic mass is 9.77. The minimum absolute atomic E-state index is 0.0428. The smallest absolute Gasteiger partial charge is 0.341 e. The third-order valence-corrected chi connectivity index (χ3v) is 4.70. The van der Waals surface area contributed by atoms with Gasteiger partial charge in [0.2, 0.25) is 0 Å². The molecule has 2 aromatic rings. The van der Waals surface area contributed by atoms with Gasteiger partial charge in [-0.25, -0.2) is 4.79 Å². The zero-order chi connectivity index (χ0) is 18.3. The molecular weight excluding hydrogens is 338 g/mol. The highest BCUT2D eigenvalue weighted by Crippen LogP contribution is 2.43. The predicted molar refractivity (Wildman–Crippen MR) is 92.3 cm³/mol. The number of carbonyl (C=O) groups excluding carboxylic acids is 1. The molecular formula is C18H17N3O5. The lowest BCUT2D eigenvalue weighted by molar-refractivity contribution is -0.139. The number of anilines is 1. The Balaban J connectivity index is 1.76. The maximum absolute atomic E-state index is 12.6. The van der Waals surface area contributed by atoms with Crippen LogP contribution in [0.5, 0.6) is 5.75 Å². The molecule has 1 unspecified atom stereocenters. The van der Waals surface area contributed by atoms with Crippen LogP contribution in [-0.4, -0.2) is 33.7 Å². The molecule has 1 aliphatic carbocycles.